The molecule has 1 saturated carbocycles. The van der Waals surface area contributed by atoms with Gasteiger partial charge in [0.1, 0.15) is 0 Å². The topological polar surface area (TPSA) is 27.7 Å². The van der Waals surface area contributed by atoms with E-state index in [4.69, 9.17) is 14.2 Å². The van der Waals surface area contributed by atoms with E-state index in [0.717, 1.165) is 25.9 Å². The number of rotatable bonds is 4. The summed E-state index contributed by atoms with van der Waals surface area (Å²) in [5, 5.41) is 0. The lowest BCUT2D eigenvalue weighted by atomic mass is 9.92. The van der Waals surface area contributed by atoms with Crippen molar-refractivity contribution in [2.75, 3.05) is 20.8 Å². The lowest BCUT2D eigenvalue weighted by Crippen LogP contribution is -2.39. The van der Waals surface area contributed by atoms with Crippen LogP contribution in [0.3, 0.4) is 0 Å². The van der Waals surface area contributed by atoms with Gasteiger partial charge in [-0.25, -0.2) is 0 Å². The van der Waals surface area contributed by atoms with E-state index in [9.17, 15) is 0 Å². The Hall–Kier alpha value is -0.120. The monoisotopic (exact) mass is 188 g/mol. The molecule has 3 nitrogen and oxygen atoms in total. The van der Waals surface area contributed by atoms with E-state index in [0.29, 0.717) is 6.10 Å². The fraction of sp³-hybridized carbons (Fsp3) is 1.00. The second kappa shape index (κ2) is 5.58. The van der Waals surface area contributed by atoms with Gasteiger partial charge in [-0.2, -0.15) is 0 Å². The van der Waals surface area contributed by atoms with Gasteiger partial charge in [0.05, 0.1) is 18.3 Å². The summed E-state index contributed by atoms with van der Waals surface area (Å²) in [6.45, 7) is 2.82. The number of hydrogen-bond donors (Lipinski definition) is 0. The van der Waals surface area contributed by atoms with E-state index < -0.39 is 0 Å². The Balaban J connectivity index is 2.38. The van der Waals surface area contributed by atoms with Gasteiger partial charge in [0.15, 0.2) is 0 Å². The molecule has 3 heteroatoms. The standard InChI is InChI=1S/C10H20O3/c1-4-13-8-5-6-9(11-2)10(7-8)12-3/h8-10H,4-7H2,1-3H3. The molecule has 0 amide bonds. The Bertz CT molecular complexity index is 138. The molecule has 0 aromatic rings. The van der Waals surface area contributed by atoms with Crippen LogP contribution < -0.4 is 0 Å². The van der Waals surface area contributed by atoms with Crippen molar-refractivity contribution in [1.82, 2.24) is 0 Å². The third-order valence-electron chi connectivity index (χ3n) is 2.69. The van der Waals surface area contributed by atoms with Crippen LogP contribution in [-0.2, 0) is 14.2 Å². The quantitative estimate of drug-likeness (QED) is 0.670. The number of methoxy groups -OCH3 is 2. The van der Waals surface area contributed by atoms with Gasteiger partial charge in [0, 0.05) is 27.2 Å². The largest absolute Gasteiger partial charge is 0.379 e. The first-order valence-electron chi connectivity index (χ1n) is 4.99. The Labute approximate surface area is 80.4 Å². The lowest BCUT2D eigenvalue weighted by molar-refractivity contribution is -0.0998. The molecule has 3 unspecified atom stereocenters. The summed E-state index contributed by atoms with van der Waals surface area (Å²) in [5.41, 5.74) is 0. The Morgan fingerprint density at radius 3 is 2.31 bits per heavy atom. The minimum absolute atomic E-state index is 0.204. The molecule has 3 atom stereocenters. The predicted molar refractivity (Wildman–Crippen MR) is 50.9 cm³/mol. The van der Waals surface area contributed by atoms with Crippen molar-refractivity contribution < 1.29 is 14.2 Å². The van der Waals surface area contributed by atoms with Crippen LogP contribution in [0.5, 0.6) is 0 Å². The van der Waals surface area contributed by atoms with E-state index >= 15 is 0 Å². The van der Waals surface area contributed by atoms with Gasteiger partial charge >= 0.3 is 0 Å². The van der Waals surface area contributed by atoms with Crippen molar-refractivity contribution in [3.05, 3.63) is 0 Å². The van der Waals surface area contributed by atoms with E-state index in [1.165, 1.54) is 0 Å². The molecular formula is C10H20O3. The van der Waals surface area contributed by atoms with Crippen LogP contribution in [0.1, 0.15) is 26.2 Å². The summed E-state index contributed by atoms with van der Waals surface area (Å²) >= 11 is 0. The summed E-state index contributed by atoms with van der Waals surface area (Å²) in [5.74, 6) is 0. The minimum atomic E-state index is 0.204. The molecule has 0 bridgehead atoms. The Kier molecular flexibility index (Phi) is 4.70. The zero-order valence-electron chi connectivity index (χ0n) is 8.79. The van der Waals surface area contributed by atoms with Crippen molar-refractivity contribution >= 4 is 0 Å². The van der Waals surface area contributed by atoms with Crippen LogP contribution in [0.25, 0.3) is 0 Å². The first kappa shape index (κ1) is 11.0. The zero-order chi connectivity index (χ0) is 9.68. The fourth-order valence-corrected chi connectivity index (χ4v) is 1.97. The molecule has 0 saturated heterocycles. The number of hydrogen-bond acceptors (Lipinski definition) is 3. The van der Waals surface area contributed by atoms with Crippen LogP contribution in [0, 0.1) is 0 Å². The zero-order valence-corrected chi connectivity index (χ0v) is 8.79. The molecule has 0 radical (unpaired) electrons. The average Bonchev–Trinajstić information content (AvgIpc) is 2.18. The molecule has 1 aliphatic carbocycles. The average molecular weight is 188 g/mol. The summed E-state index contributed by atoms with van der Waals surface area (Å²) < 4.78 is 16.3. The maximum Gasteiger partial charge on any atom is 0.0857 e. The second-order valence-electron chi connectivity index (χ2n) is 3.44. The molecule has 0 aromatic heterocycles. The highest BCUT2D eigenvalue weighted by atomic mass is 16.5. The molecule has 1 aliphatic rings. The molecule has 0 aliphatic heterocycles. The minimum Gasteiger partial charge on any atom is -0.379 e. The van der Waals surface area contributed by atoms with Gasteiger partial charge < -0.3 is 14.2 Å². The molecule has 1 fully saturated rings. The van der Waals surface area contributed by atoms with Crippen LogP contribution in [0.4, 0.5) is 0 Å². The van der Waals surface area contributed by atoms with Crippen LogP contribution >= 0.6 is 0 Å². The van der Waals surface area contributed by atoms with Crippen LogP contribution in [-0.4, -0.2) is 39.1 Å². The second-order valence-corrected chi connectivity index (χ2v) is 3.44. The predicted octanol–water partition coefficient (Wildman–Crippen LogP) is 1.61. The summed E-state index contributed by atoms with van der Waals surface area (Å²) in [6, 6.07) is 0. The van der Waals surface area contributed by atoms with E-state index in [-0.39, 0.29) is 12.2 Å². The van der Waals surface area contributed by atoms with Crippen molar-refractivity contribution in [3.63, 3.8) is 0 Å². The van der Waals surface area contributed by atoms with Crippen molar-refractivity contribution in [2.45, 2.75) is 44.5 Å². The van der Waals surface area contributed by atoms with Gasteiger partial charge in [0.2, 0.25) is 0 Å². The fourth-order valence-electron chi connectivity index (χ4n) is 1.97. The molecule has 78 valence electrons. The smallest absolute Gasteiger partial charge is 0.0857 e. The highest BCUT2D eigenvalue weighted by Crippen LogP contribution is 2.25. The van der Waals surface area contributed by atoms with E-state index in [2.05, 4.69) is 0 Å². The van der Waals surface area contributed by atoms with Crippen molar-refractivity contribution in [2.24, 2.45) is 0 Å². The normalized spacial score (nSPS) is 34.8. The molecule has 0 aromatic carbocycles. The Morgan fingerprint density at radius 2 is 1.77 bits per heavy atom. The maximum absolute atomic E-state index is 5.57. The summed E-state index contributed by atoms with van der Waals surface area (Å²) in [7, 11) is 3.49. The molecule has 1 rings (SSSR count). The molecule has 13 heavy (non-hydrogen) atoms. The maximum atomic E-state index is 5.57. The van der Waals surface area contributed by atoms with E-state index in [1.54, 1.807) is 14.2 Å². The van der Waals surface area contributed by atoms with Crippen molar-refractivity contribution in [1.29, 1.82) is 0 Å². The van der Waals surface area contributed by atoms with Gasteiger partial charge in [-0.1, -0.05) is 0 Å². The molecule has 0 heterocycles. The third-order valence-corrected chi connectivity index (χ3v) is 2.69. The summed E-state index contributed by atoms with van der Waals surface area (Å²) in [4.78, 5) is 0. The molecule has 0 N–H and O–H groups in total. The third kappa shape index (κ3) is 2.93. The first-order valence-corrected chi connectivity index (χ1v) is 4.99. The van der Waals surface area contributed by atoms with Gasteiger partial charge in [-0.15, -0.1) is 0 Å². The molecular weight excluding hydrogens is 168 g/mol. The van der Waals surface area contributed by atoms with Gasteiger partial charge in [0.25, 0.3) is 0 Å². The SMILES string of the molecule is CCOC1CCC(OC)C(OC)C1. The van der Waals surface area contributed by atoms with Crippen molar-refractivity contribution in [3.8, 4) is 0 Å². The Morgan fingerprint density at radius 1 is 1.08 bits per heavy atom. The highest BCUT2D eigenvalue weighted by Gasteiger charge is 2.30. The van der Waals surface area contributed by atoms with Crippen LogP contribution in [0.15, 0.2) is 0 Å². The van der Waals surface area contributed by atoms with Gasteiger partial charge in [-0.05, 0) is 19.8 Å². The number of ether oxygens (including phenoxy) is 3. The van der Waals surface area contributed by atoms with Gasteiger partial charge in [-0.3, -0.25) is 0 Å². The van der Waals surface area contributed by atoms with E-state index in [1.807, 2.05) is 6.92 Å². The summed E-state index contributed by atoms with van der Waals surface area (Å²) in [6.07, 6.45) is 3.91. The van der Waals surface area contributed by atoms with Crippen LogP contribution in [0.2, 0.25) is 0 Å². The highest BCUT2D eigenvalue weighted by molar-refractivity contribution is 4.81. The lowest BCUT2D eigenvalue weighted by Gasteiger charge is -2.34. The first-order chi connectivity index (χ1) is 6.31. The molecule has 0 spiro atoms.